The number of hydrogen-bond donors (Lipinski definition) is 3. The zero-order valence-electron chi connectivity index (χ0n) is 15.1. The van der Waals surface area contributed by atoms with Gasteiger partial charge in [-0.05, 0) is 36.6 Å². The summed E-state index contributed by atoms with van der Waals surface area (Å²) in [5.74, 6) is 1.42. The number of amides is 2. The molecular weight excluding hydrogens is 328 g/mol. The number of aromatic nitrogens is 3. The highest BCUT2D eigenvalue weighted by Crippen LogP contribution is 2.26. The quantitative estimate of drug-likeness (QED) is 0.646. The number of hydrogen-bond acceptors (Lipinski definition) is 5. The third kappa shape index (κ3) is 4.05. The van der Waals surface area contributed by atoms with Crippen LogP contribution in [-0.4, -0.2) is 27.5 Å². The number of carbonyl (C=O) groups excluding carboxylic acids is 1. The number of pyridine rings is 1. The number of nitrogens with one attached hydrogen (secondary N) is 3. The van der Waals surface area contributed by atoms with Crippen molar-refractivity contribution >= 4 is 34.5 Å². The molecule has 0 aliphatic heterocycles. The van der Waals surface area contributed by atoms with Gasteiger partial charge in [0.25, 0.3) is 0 Å². The first kappa shape index (κ1) is 17.6. The first-order valence-electron chi connectivity index (χ1n) is 8.61. The van der Waals surface area contributed by atoms with E-state index in [1.165, 1.54) is 5.56 Å². The minimum atomic E-state index is -0.299. The second-order valence-electron chi connectivity index (χ2n) is 6.15. The molecular formula is C19H22N6O. The number of urea groups is 1. The topological polar surface area (TPSA) is 91.8 Å². The Labute approximate surface area is 152 Å². The molecule has 7 heteroatoms. The molecule has 0 aliphatic rings. The largest absolute Gasteiger partial charge is 0.339 e. The van der Waals surface area contributed by atoms with E-state index in [0.29, 0.717) is 35.3 Å². The number of fused-ring (bicyclic) bond motifs is 1. The minimum absolute atomic E-state index is 0.299. The van der Waals surface area contributed by atoms with Gasteiger partial charge in [0, 0.05) is 12.2 Å². The zero-order chi connectivity index (χ0) is 18.5. The summed E-state index contributed by atoms with van der Waals surface area (Å²) in [5.41, 5.74) is 3.32. The standard InChI is InChI=1S/C19H22N6O/c1-4-20-19(26)25-16-10-9-15-18(23-16)24-17(11-21-15)22-14-8-6-5-7-13(14)12(2)3/h5-12H,4H2,1-3H3,(H3,20,22,23,24,25,26). The Morgan fingerprint density at radius 1 is 1.08 bits per heavy atom. The summed E-state index contributed by atoms with van der Waals surface area (Å²) in [7, 11) is 0. The van der Waals surface area contributed by atoms with Gasteiger partial charge in [0.2, 0.25) is 0 Å². The number of nitrogens with zero attached hydrogens (tertiary/aromatic N) is 3. The summed E-state index contributed by atoms with van der Waals surface area (Å²) in [4.78, 5) is 24.9. The van der Waals surface area contributed by atoms with Crippen molar-refractivity contribution < 1.29 is 4.79 Å². The van der Waals surface area contributed by atoms with Crippen molar-refractivity contribution in [3.8, 4) is 0 Å². The minimum Gasteiger partial charge on any atom is -0.339 e. The van der Waals surface area contributed by atoms with Crippen LogP contribution in [0, 0.1) is 0 Å². The van der Waals surface area contributed by atoms with Crippen molar-refractivity contribution in [2.75, 3.05) is 17.2 Å². The summed E-state index contributed by atoms with van der Waals surface area (Å²) in [6, 6.07) is 11.3. The Morgan fingerprint density at radius 3 is 2.62 bits per heavy atom. The Balaban J connectivity index is 1.87. The molecule has 2 amide bonds. The lowest BCUT2D eigenvalue weighted by molar-refractivity contribution is 0.252. The predicted molar refractivity (Wildman–Crippen MR) is 104 cm³/mol. The average molecular weight is 350 g/mol. The number of benzene rings is 1. The molecule has 2 heterocycles. The highest BCUT2D eigenvalue weighted by atomic mass is 16.2. The van der Waals surface area contributed by atoms with E-state index in [0.717, 1.165) is 5.69 Å². The third-order valence-electron chi connectivity index (χ3n) is 3.83. The van der Waals surface area contributed by atoms with Crippen LogP contribution in [0.1, 0.15) is 32.3 Å². The molecule has 0 unspecified atom stereocenters. The van der Waals surface area contributed by atoms with E-state index < -0.39 is 0 Å². The van der Waals surface area contributed by atoms with Crippen LogP contribution < -0.4 is 16.0 Å². The predicted octanol–water partition coefficient (Wildman–Crippen LogP) is 4.03. The van der Waals surface area contributed by atoms with E-state index in [-0.39, 0.29) is 6.03 Å². The van der Waals surface area contributed by atoms with Gasteiger partial charge < -0.3 is 10.6 Å². The van der Waals surface area contributed by atoms with Gasteiger partial charge in [-0.15, -0.1) is 0 Å². The van der Waals surface area contributed by atoms with Crippen LogP contribution in [0.3, 0.4) is 0 Å². The monoisotopic (exact) mass is 350 g/mol. The molecule has 3 aromatic rings. The fraction of sp³-hybridized carbons (Fsp3) is 0.263. The van der Waals surface area contributed by atoms with Crippen molar-refractivity contribution in [3.05, 3.63) is 48.2 Å². The summed E-state index contributed by atoms with van der Waals surface area (Å²) < 4.78 is 0. The maximum Gasteiger partial charge on any atom is 0.320 e. The average Bonchev–Trinajstić information content (AvgIpc) is 2.62. The van der Waals surface area contributed by atoms with E-state index in [2.05, 4.69) is 50.8 Å². The molecule has 3 N–H and O–H groups in total. The Kier molecular flexibility index (Phi) is 5.26. The normalized spacial score (nSPS) is 10.8. The van der Waals surface area contributed by atoms with Crippen LogP contribution in [0.25, 0.3) is 11.2 Å². The highest BCUT2D eigenvalue weighted by molar-refractivity contribution is 5.89. The van der Waals surface area contributed by atoms with Gasteiger partial charge in [-0.2, -0.15) is 0 Å². The summed E-state index contributed by atoms with van der Waals surface area (Å²) in [6.07, 6.45) is 1.68. The van der Waals surface area contributed by atoms with Crippen LogP contribution in [0.5, 0.6) is 0 Å². The number of anilines is 3. The first-order chi connectivity index (χ1) is 12.6. The van der Waals surface area contributed by atoms with Gasteiger partial charge in [-0.1, -0.05) is 32.0 Å². The van der Waals surface area contributed by atoms with Crippen LogP contribution in [-0.2, 0) is 0 Å². The van der Waals surface area contributed by atoms with Crippen molar-refractivity contribution in [3.63, 3.8) is 0 Å². The molecule has 0 fully saturated rings. The first-order valence-corrected chi connectivity index (χ1v) is 8.61. The molecule has 134 valence electrons. The smallest absolute Gasteiger partial charge is 0.320 e. The highest BCUT2D eigenvalue weighted by Gasteiger charge is 2.09. The fourth-order valence-electron chi connectivity index (χ4n) is 2.60. The molecule has 1 aromatic carbocycles. The van der Waals surface area contributed by atoms with E-state index in [9.17, 15) is 4.79 Å². The molecule has 0 atom stereocenters. The molecule has 7 nitrogen and oxygen atoms in total. The Hall–Kier alpha value is -3.22. The molecule has 0 aliphatic carbocycles. The molecule has 0 radical (unpaired) electrons. The van der Waals surface area contributed by atoms with Crippen molar-refractivity contribution in [1.29, 1.82) is 0 Å². The second-order valence-corrected chi connectivity index (χ2v) is 6.15. The van der Waals surface area contributed by atoms with Crippen molar-refractivity contribution in [2.45, 2.75) is 26.7 Å². The van der Waals surface area contributed by atoms with Crippen molar-refractivity contribution in [1.82, 2.24) is 20.3 Å². The maximum atomic E-state index is 11.6. The lowest BCUT2D eigenvalue weighted by Crippen LogP contribution is -2.28. The van der Waals surface area contributed by atoms with E-state index in [1.807, 2.05) is 25.1 Å². The van der Waals surface area contributed by atoms with E-state index in [1.54, 1.807) is 18.3 Å². The van der Waals surface area contributed by atoms with Gasteiger partial charge in [0.1, 0.15) is 11.3 Å². The summed E-state index contributed by atoms with van der Waals surface area (Å²) >= 11 is 0. The van der Waals surface area contributed by atoms with Gasteiger partial charge in [0.05, 0.1) is 6.20 Å². The maximum absolute atomic E-state index is 11.6. The Morgan fingerprint density at radius 2 is 1.85 bits per heavy atom. The van der Waals surface area contributed by atoms with E-state index in [4.69, 9.17) is 0 Å². The van der Waals surface area contributed by atoms with Gasteiger partial charge in [0.15, 0.2) is 11.5 Å². The van der Waals surface area contributed by atoms with Crippen molar-refractivity contribution in [2.24, 2.45) is 0 Å². The third-order valence-corrected chi connectivity index (χ3v) is 3.83. The SMILES string of the molecule is CCNC(=O)Nc1ccc2ncc(Nc3ccccc3C(C)C)nc2n1. The Bertz CT molecular complexity index is 925. The molecule has 0 saturated carbocycles. The second kappa shape index (κ2) is 7.77. The van der Waals surface area contributed by atoms with Crippen LogP contribution in [0.15, 0.2) is 42.6 Å². The lowest BCUT2D eigenvalue weighted by atomic mass is 10.0. The molecule has 26 heavy (non-hydrogen) atoms. The van der Waals surface area contributed by atoms with E-state index >= 15 is 0 Å². The molecule has 0 bridgehead atoms. The van der Waals surface area contributed by atoms with Gasteiger partial charge in [-0.25, -0.2) is 19.7 Å². The van der Waals surface area contributed by atoms with Crippen LogP contribution in [0.2, 0.25) is 0 Å². The molecule has 3 rings (SSSR count). The number of rotatable bonds is 5. The number of carbonyl (C=O) groups is 1. The van der Waals surface area contributed by atoms with Crippen LogP contribution >= 0.6 is 0 Å². The lowest BCUT2D eigenvalue weighted by Gasteiger charge is -2.14. The fourth-order valence-corrected chi connectivity index (χ4v) is 2.60. The van der Waals surface area contributed by atoms with Gasteiger partial charge >= 0.3 is 6.03 Å². The summed E-state index contributed by atoms with van der Waals surface area (Å²) in [5, 5.41) is 8.66. The molecule has 2 aromatic heterocycles. The van der Waals surface area contributed by atoms with Gasteiger partial charge in [-0.3, -0.25) is 5.32 Å². The number of para-hydroxylation sites is 1. The molecule has 0 saturated heterocycles. The summed E-state index contributed by atoms with van der Waals surface area (Å²) in [6.45, 7) is 6.69. The van der Waals surface area contributed by atoms with Crippen LogP contribution in [0.4, 0.5) is 22.1 Å². The molecule has 0 spiro atoms. The zero-order valence-corrected chi connectivity index (χ0v) is 15.1.